The molecule has 0 spiro atoms. The molecule has 2 amide bonds. The van der Waals surface area contributed by atoms with Gasteiger partial charge in [-0.1, -0.05) is 118 Å². The Balaban J connectivity index is 1.40. The zero-order valence-electron chi connectivity index (χ0n) is 31.1. The van der Waals surface area contributed by atoms with Gasteiger partial charge in [-0.15, -0.1) is 11.3 Å². The van der Waals surface area contributed by atoms with Crippen LogP contribution in [0.1, 0.15) is 63.8 Å². The summed E-state index contributed by atoms with van der Waals surface area (Å²) in [4.78, 5) is 30.5. The zero-order valence-corrected chi connectivity index (χ0v) is 32.9. The lowest BCUT2D eigenvalue weighted by Crippen LogP contribution is -2.66. The number of aromatic hydroxyl groups is 1. The zero-order chi connectivity index (χ0) is 37.8. The van der Waals surface area contributed by atoms with Gasteiger partial charge in [0.2, 0.25) is 11.8 Å². The summed E-state index contributed by atoms with van der Waals surface area (Å²) in [5.74, 6) is -2.44. The molecule has 1 aliphatic heterocycles. The lowest BCUT2D eigenvalue weighted by molar-refractivity contribution is -0.140. The van der Waals surface area contributed by atoms with Crippen molar-refractivity contribution in [1.82, 2.24) is 4.90 Å². The monoisotopic (exact) mass is 749 g/mol. The highest BCUT2D eigenvalue weighted by molar-refractivity contribution is 7.09. The molecule has 3 N–H and O–H groups in total. The van der Waals surface area contributed by atoms with E-state index in [9.17, 15) is 24.9 Å². The molecular formula is C44H51NO6SSi. The molecule has 0 saturated carbocycles. The van der Waals surface area contributed by atoms with E-state index in [1.807, 2.05) is 66.0 Å². The first-order chi connectivity index (χ1) is 25.5. The number of rotatable bonds is 14. The molecule has 9 heteroatoms. The van der Waals surface area contributed by atoms with Gasteiger partial charge in [-0.25, -0.2) is 0 Å². The van der Waals surface area contributed by atoms with Crippen molar-refractivity contribution in [1.29, 1.82) is 0 Å². The van der Waals surface area contributed by atoms with Gasteiger partial charge in [-0.2, -0.15) is 0 Å². The van der Waals surface area contributed by atoms with Gasteiger partial charge < -0.3 is 19.7 Å². The third-order valence-corrected chi connectivity index (χ3v) is 16.9. The molecule has 0 bridgehead atoms. The molecule has 2 heterocycles. The van der Waals surface area contributed by atoms with E-state index in [0.717, 1.165) is 38.4 Å². The maximum Gasteiger partial charge on any atom is 0.261 e. The molecular weight excluding hydrogens is 699 g/mol. The molecule has 2 aliphatic rings. The smallest absolute Gasteiger partial charge is 0.261 e. The van der Waals surface area contributed by atoms with Crippen LogP contribution in [0.5, 0.6) is 5.75 Å². The number of aliphatic hydroxyl groups is 2. The van der Waals surface area contributed by atoms with E-state index in [1.165, 1.54) is 16.2 Å². The predicted octanol–water partition coefficient (Wildman–Crippen LogP) is 7.08. The van der Waals surface area contributed by atoms with Gasteiger partial charge in [0.15, 0.2) is 0 Å². The third-order valence-electron chi connectivity index (χ3n) is 11.1. The number of hydrogen-bond acceptors (Lipinski definition) is 7. The summed E-state index contributed by atoms with van der Waals surface area (Å²) in [7, 11) is -3.01. The van der Waals surface area contributed by atoms with Crippen molar-refractivity contribution >= 4 is 47.9 Å². The Morgan fingerprint density at radius 2 is 1.58 bits per heavy atom. The Morgan fingerprint density at radius 3 is 2.13 bits per heavy atom. The molecule has 4 aromatic rings. The first-order valence-electron chi connectivity index (χ1n) is 18.6. The minimum absolute atomic E-state index is 0.162. The molecule has 1 aromatic heterocycles. The fourth-order valence-corrected chi connectivity index (χ4v) is 13.7. The first kappa shape index (κ1) is 38.6. The highest BCUT2D eigenvalue weighted by Gasteiger charge is 2.56. The van der Waals surface area contributed by atoms with Crippen LogP contribution in [-0.2, 0) is 20.6 Å². The predicted molar refractivity (Wildman–Crippen MR) is 214 cm³/mol. The number of imide groups is 1. The fourth-order valence-electron chi connectivity index (χ4n) is 8.46. The number of nitrogens with zero attached hydrogens (tertiary/aromatic N) is 1. The van der Waals surface area contributed by atoms with E-state index < -0.39 is 32.2 Å². The van der Waals surface area contributed by atoms with E-state index in [4.69, 9.17) is 4.43 Å². The molecule has 0 radical (unpaired) electrons. The fraction of sp³-hybridized carbons (Fsp3) is 0.364. The average molecular weight is 750 g/mol. The summed E-state index contributed by atoms with van der Waals surface area (Å²) in [6.07, 6.45) is 3.14. The van der Waals surface area contributed by atoms with Crippen LogP contribution in [0.25, 0.3) is 6.08 Å². The van der Waals surface area contributed by atoms with Crippen molar-refractivity contribution in [3.8, 4) is 5.75 Å². The van der Waals surface area contributed by atoms with E-state index in [2.05, 4.69) is 58.0 Å². The second kappa shape index (κ2) is 16.5. The topological polar surface area (TPSA) is 107 Å². The summed E-state index contributed by atoms with van der Waals surface area (Å²) in [6, 6.07) is 31.6. The molecule has 7 nitrogen and oxygen atoms in total. The maximum absolute atomic E-state index is 14.1. The lowest BCUT2D eigenvalue weighted by Gasteiger charge is -2.44. The Morgan fingerprint density at radius 1 is 0.943 bits per heavy atom. The maximum atomic E-state index is 14.1. The van der Waals surface area contributed by atoms with Crippen LogP contribution in [0.15, 0.2) is 119 Å². The number of allylic oxidation sites excluding steroid dienone is 1. The van der Waals surface area contributed by atoms with Crippen molar-refractivity contribution in [3.05, 3.63) is 130 Å². The van der Waals surface area contributed by atoms with Crippen molar-refractivity contribution in [3.63, 3.8) is 0 Å². The van der Waals surface area contributed by atoms with Gasteiger partial charge in [0.25, 0.3) is 8.32 Å². The highest BCUT2D eigenvalue weighted by Crippen LogP contribution is 2.47. The van der Waals surface area contributed by atoms with Crippen LogP contribution in [0.3, 0.4) is 0 Å². The van der Waals surface area contributed by atoms with Crippen molar-refractivity contribution in [2.75, 3.05) is 13.2 Å². The second-order valence-corrected chi connectivity index (χ2v) is 20.6. The number of likely N-dealkylation sites (tertiary alicyclic amines) is 1. The van der Waals surface area contributed by atoms with Crippen molar-refractivity contribution < 1.29 is 29.3 Å². The Bertz CT molecular complexity index is 1880. The SMILES string of the molecule is CC/C(=C\c1ccc(O)cc1)CC[C@@H](O)C1=C(CO[Si](c2ccccc2)(c2ccccc2)C(C)(C)C)C[C@H]2C(=O)N(Cc3cccs3)C(=O)[C@H]2[C@H]1CO. The number of aliphatic hydroxyl groups excluding tert-OH is 2. The average Bonchev–Trinajstić information content (AvgIpc) is 3.76. The molecule has 53 heavy (non-hydrogen) atoms. The molecule has 1 fully saturated rings. The highest BCUT2D eigenvalue weighted by atomic mass is 32.1. The number of phenols is 1. The van der Waals surface area contributed by atoms with Crippen LogP contribution in [-0.4, -0.2) is 59.7 Å². The van der Waals surface area contributed by atoms with E-state index in [1.54, 1.807) is 12.1 Å². The van der Waals surface area contributed by atoms with E-state index >= 15 is 0 Å². The number of thiophene rings is 1. The number of carbonyl (C=O) groups excluding carboxylic acids is 2. The lowest BCUT2D eigenvalue weighted by atomic mass is 9.68. The van der Waals surface area contributed by atoms with Crippen LogP contribution in [0.2, 0.25) is 5.04 Å². The van der Waals surface area contributed by atoms with Gasteiger partial charge >= 0.3 is 0 Å². The number of fused-ring (bicyclic) bond motifs is 1. The van der Waals surface area contributed by atoms with E-state index in [-0.39, 0.29) is 48.8 Å². The summed E-state index contributed by atoms with van der Waals surface area (Å²) >= 11 is 1.50. The number of phenolic OH excluding ortho intramolecular Hbond substituents is 1. The molecule has 3 aromatic carbocycles. The second-order valence-electron chi connectivity index (χ2n) is 15.3. The Labute approximate surface area is 318 Å². The van der Waals surface area contributed by atoms with E-state index in [0.29, 0.717) is 18.4 Å². The first-order valence-corrected chi connectivity index (χ1v) is 21.4. The summed E-state index contributed by atoms with van der Waals surface area (Å²) in [5.41, 5.74) is 3.52. The minimum Gasteiger partial charge on any atom is -0.508 e. The normalized spacial score (nSPS) is 20.2. The molecule has 0 unspecified atom stereocenters. The third kappa shape index (κ3) is 7.91. The quantitative estimate of drug-likeness (QED) is 0.0724. The number of benzene rings is 3. The minimum atomic E-state index is -3.01. The van der Waals surface area contributed by atoms with Gasteiger partial charge in [0.05, 0.1) is 37.7 Å². The van der Waals surface area contributed by atoms with Gasteiger partial charge in [-0.3, -0.25) is 14.5 Å². The Hall–Kier alpha value is -4.12. The van der Waals surface area contributed by atoms with Crippen LogP contribution in [0.4, 0.5) is 0 Å². The summed E-state index contributed by atoms with van der Waals surface area (Å²) < 4.78 is 7.39. The standard InChI is InChI=1S/C44H51NO6SSi/c1-5-30(25-31-18-21-33(47)22-19-31)20-23-39(48)40-32(26-37-41(38(40)28-46)43(50)45(42(37)49)27-34-13-12-24-52-34)29-51-53(44(2,3)4,35-14-8-6-9-15-35)36-16-10-7-11-17-36/h6-19,21-22,24-25,37-39,41,46-48H,5,20,23,26-29H2,1-4H3/b30-25+/t37-,38+,39-,41-/m1/s1. The largest absolute Gasteiger partial charge is 0.508 e. The van der Waals surface area contributed by atoms with Crippen LogP contribution in [0, 0.1) is 17.8 Å². The molecule has 1 saturated heterocycles. The van der Waals surface area contributed by atoms with Gasteiger partial charge in [0, 0.05) is 10.8 Å². The van der Waals surface area contributed by atoms with Crippen molar-refractivity contribution in [2.45, 2.75) is 71.1 Å². The number of hydrogen-bond donors (Lipinski definition) is 3. The number of carbonyl (C=O) groups is 2. The Kier molecular flexibility index (Phi) is 12.0. The van der Waals surface area contributed by atoms with Gasteiger partial charge in [-0.05, 0) is 81.4 Å². The molecule has 4 atom stereocenters. The van der Waals surface area contributed by atoms with Crippen LogP contribution < -0.4 is 10.4 Å². The summed E-state index contributed by atoms with van der Waals surface area (Å²) in [5, 5.41) is 36.9. The molecule has 6 rings (SSSR count). The van der Waals surface area contributed by atoms with Crippen LogP contribution >= 0.6 is 11.3 Å². The van der Waals surface area contributed by atoms with Gasteiger partial charge in [0.1, 0.15) is 5.75 Å². The molecule has 1 aliphatic carbocycles. The van der Waals surface area contributed by atoms with Crippen molar-refractivity contribution in [2.24, 2.45) is 17.8 Å². The molecule has 278 valence electrons. The summed E-state index contributed by atoms with van der Waals surface area (Å²) in [6.45, 7) is 8.71. The number of amides is 2.